The number of benzene rings is 1. The number of rotatable bonds is 3. The average molecular weight is 325 g/mol. The fourth-order valence-corrected chi connectivity index (χ4v) is 2.57. The summed E-state index contributed by atoms with van der Waals surface area (Å²) in [6, 6.07) is 0.979. The Balaban J connectivity index is 2.23. The fourth-order valence-electron chi connectivity index (χ4n) is 2.57. The van der Waals surface area contributed by atoms with E-state index in [4.69, 9.17) is 0 Å². The number of carbonyl (C=O) groups is 1. The third kappa shape index (κ3) is 2.66. The molecule has 8 heteroatoms. The largest absolute Gasteiger partial charge is 0.403 e. The van der Waals surface area contributed by atoms with Crippen molar-refractivity contribution in [1.82, 2.24) is 4.90 Å². The maximum atomic E-state index is 13.5. The zero-order valence-electron chi connectivity index (χ0n) is 11.6. The summed E-state index contributed by atoms with van der Waals surface area (Å²) in [5.41, 5.74) is -2.98. The van der Waals surface area contributed by atoms with Gasteiger partial charge >= 0.3 is 6.18 Å². The molecule has 1 aliphatic carbocycles. The third-order valence-electron chi connectivity index (χ3n) is 3.98. The van der Waals surface area contributed by atoms with E-state index in [-0.39, 0.29) is 19.3 Å². The molecule has 0 N–H and O–H groups in total. The van der Waals surface area contributed by atoms with Crippen molar-refractivity contribution in [3.8, 4) is 0 Å². The van der Waals surface area contributed by atoms with Crippen molar-refractivity contribution >= 4 is 5.91 Å². The molecule has 22 heavy (non-hydrogen) atoms. The molecule has 2 nitrogen and oxygen atoms in total. The van der Waals surface area contributed by atoms with Gasteiger partial charge in [-0.2, -0.15) is 13.2 Å². The van der Waals surface area contributed by atoms with Gasteiger partial charge in [0.15, 0.2) is 11.6 Å². The Labute approximate surface area is 122 Å². The molecule has 0 aliphatic heterocycles. The normalized spacial score (nSPS) is 17.0. The van der Waals surface area contributed by atoms with Crippen LogP contribution >= 0.6 is 0 Å². The monoisotopic (exact) mass is 325 g/mol. The van der Waals surface area contributed by atoms with Gasteiger partial charge in [-0.1, -0.05) is 6.42 Å². The Hall–Kier alpha value is -1.73. The first-order valence-corrected chi connectivity index (χ1v) is 6.54. The van der Waals surface area contributed by atoms with Gasteiger partial charge in [0.2, 0.25) is 5.91 Å². The van der Waals surface area contributed by atoms with Crippen LogP contribution in [0.15, 0.2) is 12.1 Å². The lowest BCUT2D eigenvalue weighted by Crippen LogP contribution is -2.55. The van der Waals surface area contributed by atoms with Crippen molar-refractivity contribution in [3.63, 3.8) is 0 Å². The highest BCUT2D eigenvalue weighted by Gasteiger charge is 2.64. The number of hydrogen-bond donors (Lipinski definition) is 0. The molecule has 122 valence electrons. The second-order valence-corrected chi connectivity index (χ2v) is 5.46. The van der Waals surface area contributed by atoms with Crippen LogP contribution in [0.25, 0.3) is 0 Å². The van der Waals surface area contributed by atoms with Gasteiger partial charge < -0.3 is 4.90 Å². The van der Waals surface area contributed by atoms with E-state index in [2.05, 4.69) is 0 Å². The minimum Gasteiger partial charge on any atom is -0.341 e. The van der Waals surface area contributed by atoms with E-state index in [9.17, 15) is 31.1 Å². The molecule has 0 spiro atoms. The molecule has 0 atom stereocenters. The van der Waals surface area contributed by atoms with Gasteiger partial charge in [-0.25, -0.2) is 13.2 Å². The minimum atomic E-state index is -4.71. The molecule has 0 bridgehead atoms. The van der Waals surface area contributed by atoms with E-state index in [1.54, 1.807) is 0 Å². The number of amides is 1. The van der Waals surface area contributed by atoms with Gasteiger partial charge in [-0.15, -0.1) is 0 Å². The van der Waals surface area contributed by atoms with Crippen LogP contribution in [0.3, 0.4) is 0 Å². The smallest absolute Gasteiger partial charge is 0.341 e. The zero-order valence-corrected chi connectivity index (χ0v) is 11.6. The van der Waals surface area contributed by atoms with Crippen LogP contribution in [0, 0.1) is 22.9 Å². The van der Waals surface area contributed by atoms with E-state index in [1.165, 1.54) is 0 Å². The molecular formula is C14H13F6NO. The van der Waals surface area contributed by atoms with Crippen molar-refractivity contribution < 1.29 is 31.1 Å². The zero-order chi connectivity index (χ0) is 16.7. The van der Waals surface area contributed by atoms with Crippen LogP contribution in [0.5, 0.6) is 0 Å². The number of halogens is 6. The first kappa shape index (κ1) is 16.6. The summed E-state index contributed by atoms with van der Waals surface area (Å²) >= 11 is 0. The summed E-state index contributed by atoms with van der Waals surface area (Å²) in [6.45, 7) is -0.642. The van der Waals surface area contributed by atoms with Crippen molar-refractivity contribution in [2.45, 2.75) is 32.0 Å². The maximum Gasteiger partial charge on any atom is 0.403 e. The molecule has 1 aromatic carbocycles. The van der Waals surface area contributed by atoms with Gasteiger partial charge in [0, 0.05) is 25.2 Å². The number of alkyl halides is 3. The average Bonchev–Trinajstić information content (AvgIpc) is 2.31. The van der Waals surface area contributed by atoms with Crippen molar-refractivity contribution in [2.24, 2.45) is 5.41 Å². The molecule has 1 aliphatic rings. The van der Waals surface area contributed by atoms with Crippen molar-refractivity contribution in [3.05, 3.63) is 35.1 Å². The van der Waals surface area contributed by atoms with Crippen LogP contribution in [0.1, 0.15) is 24.8 Å². The molecule has 0 saturated heterocycles. The summed E-state index contributed by atoms with van der Waals surface area (Å²) in [5, 5.41) is 0. The van der Waals surface area contributed by atoms with Gasteiger partial charge in [0.1, 0.15) is 11.2 Å². The third-order valence-corrected chi connectivity index (χ3v) is 3.98. The number of nitrogens with zero attached hydrogens (tertiary/aromatic N) is 1. The van der Waals surface area contributed by atoms with E-state index in [0.717, 1.165) is 7.05 Å². The predicted octanol–water partition coefficient (Wildman–Crippen LogP) is 3.79. The van der Waals surface area contributed by atoms with Gasteiger partial charge in [0.05, 0.1) is 0 Å². The van der Waals surface area contributed by atoms with Crippen LogP contribution in [-0.4, -0.2) is 24.0 Å². The second kappa shape index (κ2) is 5.48. The Kier molecular flexibility index (Phi) is 4.14. The topological polar surface area (TPSA) is 20.3 Å². The van der Waals surface area contributed by atoms with Gasteiger partial charge in [-0.3, -0.25) is 4.79 Å². The molecule has 1 aromatic rings. The first-order valence-electron chi connectivity index (χ1n) is 6.54. The highest BCUT2D eigenvalue weighted by atomic mass is 19.4. The molecule has 1 amide bonds. The summed E-state index contributed by atoms with van der Waals surface area (Å²) < 4.78 is 78.9. The fraction of sp³-hybridized carbons (Fsp3) is 0.500. The molecule has 1 saturated carbocycles. The second-order valence-electron chi connectivity index (χ2n) is 5.46. The Bertz CT molecular complexity index is 594. The SMILES string of the molecule is CN(Cc1cc(F)cc(F)c1F)C(=O)C1(C(F)(F)F)CCC1. The lowest BCUT2D eigenvalue weighted by Gasteiger charge is -2.43. The van der Waals surface area contributed by atoms with Crippen molar-refractivity contribution in [2.75, 3.05) is 7.05 Å². The number of carbonyl (C=O) groups excluding carboxylic acids is 1. The van der Waals surface area contributed by atoms with Gasteiger partial charge in [-0.05, 0) is 18.9 Å². The summed E-state index contributed by atoms with van der Waals surface area (Å²) in [6.07, 6.45) is -5.11. The van der Waals surface area contributed by atoms with Crippen LogP contribution in [-0.2, 0) is 11.3 Å². The van der Waals surface area contributed by atoms with E-state index < -0.39 is 47.1 Å². The van der Waals surface area contributed by atoms with E-state index in [1.807, 2.05) is 0 Å². The minimum absolute atomic E-state index is 0.266. The summed E-state index contributed by atoms with van der Waals surface area (Å²) in [5.74, 6) is -5.11. The van der Waals surface area contributed by atoms with Crippen molar-refractivity contribution in [1.29, 1.82) is 0 Å². The lowest BCUT2D eigenvalue weighted by atomic mass is 9.67. The highest BCUT2D eigenvalue weighted by Crippen LogP contribution is 2.54. The Morgan fingerprint density at radius 1 is 1.23 bits per heavy atom. The summed E-state index contributed by atoms with van der Waals surface area (Å²) in [7, 11) is 1.05. The highest BCUT2D eigenvalue weighted by molar-refractivity contribution is 5.84. The number of hydrogen-bond acceptors (Lipinski definition) is 1. The maximum absolute atomic E-state index is 13.5. The van der Waals surface area contributed by atoms with E-state index in [0.29, 0.717) is 17.0 Å². The Morgan fingerprint density at radius 3 is 2.27 bits per heavy atom. The quantitative estimate of drug-likeness (QED) is 0.611. The lowest BCUT2D eigenvalue weighted by molar-refractivity contribution is -0.248. The molecule has 0 unspecified atom stereocenters. The van der Waals surface area contributed by atoms with Crippen LogP contribution in [0.4, 0.5) is 26.3 Å². The molecular weight excluding hydrogens is 312 g/mol. The molecule has 0 aromatic heterocycles. The molecule has 0 heterocycles. The predicted molar refractivity (Wildman–Crippen MR) is 65.1 cm³/mol. The van der Waals surface area contributed by atoms with E-state index >= 15 is 0 Å². The van der Waals surface area contributed by atoms with Crippen LogP contribution < -0.4 is 0 Å². The molecule has 1 fully saturated rings. The van der Waals surface area contributed by atoms with Gasteiger partial charge in [0.25, 0.3) is 0 Å². The standard InChI is InChI=1S/C14H13F6NO/c1-21(7-8-5-9(15)6-10(16)11(8)17)12(22)13(3-2-4-13)14(18,19)20/h5-6H,2-4,7H2,1H3. The summed E-state index contributed by atoms with van der Waals surface area (Å²) in [4.78, 5) is 12.7. The van der Waals surface area contributed by atoms with Crippen LogP contribution in [0.2, 0.25) is 0 Å². The Morgan fingerprint density at radius 2 is 1.82 bits per heavy atom. The molecule has 0 radical (unpaired) electrons. The molecule has 2 rings (SSSR count). The first-order chi connectivity index (χ1) is 10.1.